The van der Waals surface area contributed by atoms with Gasteiger partial charge in [-0.1, -0.05) is 18.2 Å². The van der Waals surface area contributed by atoms with Crippen LogP contribution in [0, 0.1) is 0 Å². The number of para-hydroxylation sites is 1. The highest BCUT2D eigenvalue weighted by Gasteiger charge is 2.44. The first-order chi connectivity index (χ1) is 14.9. The molecular formula is C22H28O8S. The average molecular weight is 453 g/mol. The lowest BCUT2D eigenvalue weighted by atomic mass is 10.0. The van der Waals surface area contributed by atoms with Gasteiger partial charge in [0.05, 0.1) is 39.3 Å². The average Bonchev–Trinajstić information content (AvgIpc) is 2.80. The van der Waals surface area contributed by atoms with Crippen LogP contribution in [0.15, 0.2) is 36.4 Å². The molecule has 2 aromatic carbocycles. The molecule has 31 heavy (non-hydrogen) atoms. The summed E-state index contributed by atoms with van der Waals surface area (Å²) in [6.45, 7) is -0.350. The molecule has 1 saturated heterocycles. The van der Waals surface area contributed by atoms with Gasteiger partial charge in [-0.15, -0.1) is 11.8 Å². The number of methoxy groups -OCH3 is 3. The summed E-state index contributed by atoms with van der Waals surface area (Å²) in [5.41, 5.74) is 0.733. The van der Waals surface area contributed by atoms with Gasteiger partial charge in [-0.25, -0.2) is 0 Å². The maximum atomic E-state index is 10.4. The molecule has 2 aromatic rings. The second kappa shape index (κ2) is 10.4. The number of rotatable bonds is 8. The largest absolute Gasteiger partial charge is 0.496 e. The monoisotopic (exact) mass is 452 g/mol. The van der Waals surface area contributed by atoms with E-state index in [9.17, 15) is 20.4 Å². The van der Waals surface area contributed by atoms with Crippen LogP contribution in [0.2, 0.25) is 0 Å². The van der Waals surface area contributed by atoms with Gasteiger partial charge in [0.1, 0.15) is 35.2 Å². The molecular weight excluding hydrogens is 424 g/mol. The molecule has 5 unspecified atom stereocenters. The molecule has 8 nitrogen and oxygen atoms in total. The Morgan fingerprint density at radius 1 is 0.839 bits per heavy atom. The second-order valence-corrected chi connectivity index (χ2v) is 8.45. The molecule has 1 aliphatic rings. The quantitative estimate of drug-likeness (QED) is 0.469. The molecule has 0 aliphatic carbocycles. The first-order valence-corrected chi connectivity index (χ1v) is 10.7. The van der Waals surface area contributed by atoms with Crippen molar-refractivity contribution in [3.63, 3.8) is 0 Å². The number of ether oxygens (including phenoxy) is 4. The molecule has 0 aromatic heterocycles. The third kappa shape index (κ3) is 5.02. The molecule has 0 saturated carbocycles. The molecule has 0 bridgehead atoms. The molecule has 0 amide bonds. The van der Waals surface area contributed by atoms with Crippen LogP contribution in [0.25, 0.3) is 0 Å². The van der Waals surface area contributed by atoms with Gasteiger partial charge in [-0.3, -0.25) is 0 Å². The molecule has 3 rings (SSSR count). The van der Waals surface area contributed by atoms with E-state index in [1.165, 1.54) is 0 Å². The Morgan fingerprint density at radius 3 is 2.06 bits per heavy atom. The molecule has 9 heteroatoms. The zero-order chi connectivity index (χ0) is 22.5. The Bertz CT molecular complexity index is 849. The predicted octanol–water partition coefficient (Wildman–Crippen LogP) is 1.20. The Balaban J connectivity index is 1.90. The third-order valence-electron chi connectivity index (χ3n) is 5.25. The number of aliphatic hydroxyl groups excluding tert-OH is 4. The minimum Gasteiger partial charge on any atom is -0.496 e. The van der Waals surface area contributed by atoms with Gasteiger partial charge in [0, 0.05) is 24.1 Å². The van der Waals surface area contributed by atoms with E-state index in [1.807, 2.05) is 12.1 Å². The lowest BCUT2D eigenvalue weighted by molar-refractivity contribution is -0.0910. The Labute approximate surface area is 185 Å². The fourth-order valence-corrected chi connectivity index (χ4v) is 4.73. The van der Waals surface area contributed by atoms with E-state index >= 15 is 0 Å². The van der Waals surface area contributed by atoms with Crippen LogP contribution in [-0.2, 0) is 6.42 Å². The molecule has 1 aliphatic heterocycles. The molecule has 4 N–H and O–H groups in total. The third-order valence-corrected chi connectivity index (χ3v) is 6.67. The fourth-order valence-electron chi connectivity index (χ4n) is 3.50. The van der Waals surface area contributed by atoms with E-state index in [2.05, 4.69) is 0 Å². The van der Waals surface area contributed by atoms with Crippen LogP contribution in [0.4, 0.5) is 0 Å². The van der Waals surface area contributed by atoms with Crippen LogP contribution in [0.3, 0.4) is 0 Å². The smallest absolute Gasteiger partial charge is 0.173 e. The van der Waals surface area contributed by atoms with Gasteiger partial charge < -0.3 is 39.4 Å². The lowest BCUT2D eigenvalue weighted by Gasteiger charge is -2.39. The highest BCUT2D eigenvalue weighted by Crippen LogP contribution is 2.39. The second-order valence-electron chi connectivity index (χ2n) is 7.11. The minimum absolute atomic E-state index is 0.350. The molecule has 0 spiro atoms. The van der Waals surface area contributed by atoms with Gasteiger partial charge in [0.15, 0.2) is 5.44 Å². The zero-order valence-electron chi connectivity index (χ0n) is 17.6. The maximum absolute atomic E-state index is 10.4. The van der Waals surface area contributed by atoms with E-state index in [0.717, 1.165) is 22.9 Å². The summed E-state index contributed by atoms with van der Waals surface area (Å²) < 4.78 is 22.4. The van der Waals surface area contributed by atoms with E-state index in [1.54, 1.807) is 45.6 Å². The van der Waals surface area contributed by atoms with Crippen molar-refractivity contribution in [2.75, 3.05) is 27.9 Å². The first kappa shape index (κ1) is 23.5. The van der Waals surface area contributed by atoms with Crippen LogP contribution in [0.5, 0.6) is 23.0 Å². The summed E-state index contributed by atoms with van der Waals surface area (Å²) in [7, 11) is 4.70. The highest BCUT2D eigenvalue weighted by molar-refractivity contribution is 8.00. The van der Waals surface area contributed by atoms with Crippen molar-refractivity contribution >= 4 is 11.8 Å². The van der Waals surface area contributed by atoms with Gasteiger partial charge in [0.2, 0.25) is 0 Å². The van der Waals surface area contributed by atoms with Crippen molar-refractivity contribution in [2.24, 2.45) is 0 Å². The summed E-state index contributed by atoms with van der Waals surface area (Å²) in [5.74, 6) is 2.29. The molecule has 5 atom stereocenters. The summed E-state index contributed by atoms with van der Waals surface area (Å²) in [5, 5.41) is 39.4. The highest BCUT2D eigenvalue weighted by atomic mass is 32.2. The zero-order valence-corrected chi connectivity index (χ0v) is 18.4. The summed E-state index contributed by atoms with van der Waals surface area (Å²) in [6, 6.07) is 10.8. The van der Waals surface area contributed by atoms with E-state index in [0.29, 0.717) is 29.4 Å². The minimum atomic E-state index is -1.42. The molecule has 170 valence electrons. The normalized spacial score (nSPS) is 25.7. The lowest BCUT2D eigenvalue weighted by Crippen LogP contribution is -2.55. The predicted molar refractivity (Wildman–Crippen MR) is 116 cm³/mol. The van der Waals surface area contributed by atoms with Crippen molar-refractivity contribution in [1.82, 2.24) is 0 Å². The summed E-state index contributed by atoms with van der Waals surface area (Å²) in [6.07, 6.45) is -3.57. The van der Waals surface area contributed by atoms with Crippen LogP contribution in [0.1, 0.15) is 11.1 Å². The van der Waals surface area contributed by atoms with Crippen LogP contribution >= 0.6 is 11.8 Å². The Morgan fingerprint density at radius 2 is 1.48 bits per heavy atom. The first-order valence-electron chi connectivity index (χ1n) is 9.77. The Hall–Kier alpha value is -2.17. The van der Waals surface area contributed by atoms with Crippen LogP contribution in [-0.4, -0.2) is 77.4 Å². The standard InChI is InChI=1S/C22H28O8S/c1-27-13-9-16(28-2)14(17(10-13)29-3)8-12-6-4-5-7-15(12)30-22-21(26)20(25)19(24)18(11-23)31-22/h4-7,9-10,18-26H,8,11H2,1-3H3. The molecule has 0 radical (unpaired) electrons. The Kier molecular flexibility index (Phi) is 7.90. The number of thioether (sulfide) groups is 1. The van der Waals surface area contributed by atoms with Crippen molar-refractivity contribution in [2.45, 2.75) is 35.4 Å². The number of aliphatic hydroxyl groups is 4. The summed E-state index contributed by atoms with van der Waals surface area (Å²) in [4.78, 5) is 0. The maximum Gasteiger partial charge on any atom is 0.173 e. The van der Waals surface area contributed by atoms with E-state index in [4.69, 9.17) is 18.9 Å². The van der Waals surface area contributed by atoms with Gasteiger partial charge in [0.25, 0.3) is 0 Å². The van der Waals surface area contributed by atoms with Gasteiger partial charge in [-0.2, -0.15) is 0 Å². The van der Waals surface area contributed by atoms with Crippen molar-refractivity contribution < 1.29 is 39.4 Å². The number of benzene rings is 2. The van der Waals surface area contributed by atoms with E-state index in [-0.39, 0.29) is 6.61 Å². The van der Waals surface area contributed by atoms with Crippen molar-refractivity contribution in [1.29, 1.82) is 0 Å². The van der Waals surface area contributed by atoms with Crippen molar-refractivity contribution in [3.05, 3.63) is 47.5 Å². The SMILES string of the molecule is COc1cc(OC)c(Cc2ccccc2OC2SC(CO)C(O)C(O)C2O)c(OC)c1. The molecule has 1 heterocycles. The van der Waals surface area contributed by atoms with E-state index < -0.39 is 29.0 Å². The fraction of sp³-hybridized carbons (Fsp3) is 0.455. The summed E-state index contributed by atoms with van der Waals surface area (Å²) >= 11 is 1.08. The topological polar surface area (TPSA) is 118 Å². The molecule has 1 fully saturated rings. The number of hydrogen-bond donors (Lipinski definition) is 4. The van der Waals surface area contributed by atoms with Gasteiger partial charge in [-0.05, 0) is 11.6 Å². The van der Waals surface area contributed by atoms with Gasteiger partial charge >= 0.3 is 0 Å². The number of hydrogen-bond acceptors (Lipinski definition) is 9. The van der Waals surface area contributed by atoms with Crippen molar-refractivity contribution in [3.8, 4) is 23.0 Å². The van der Waals surface area contributed by atoms with Crippen LogP contribution < -0.4 is 18.9 Å².